The first-order valence-electron chi connectivity index (χ1n) is 6.40. The van der Waals surface area contributed by atoms with E-state index in [1.807, 2.05) is 20.8 Å². The van der Waals surface area contributed by atoms with E-state index in [-0.39, 0.29) is 22.0 Å². The predicted molar refractivity (Wildman–Crippen MR) is 75.6 cm³/mol. The molecule has 20 heavy (non-hydrogen) atoms. The number of hydrogen-bond acceptors (Lipinski definition) is 1. The zero-order valence-corrected chi connectivity index (χ0v) is 13.2. The average molecular weight is 352 g/mol. The average Bonchev–Trinajstić information content (AvgIpc) is 2.38. The van der Waals surface area contributed by atoms with Crippen molar-refractivity contribution in [2.75, 3.05) is 6.54 Å². The first-order chi connectivity index (χ1) is 9.22. The Morgan fingerprint density at radius 3 is 2.40 bits per heavy atom. The molecule has 1 atom stereocenters. The lowest BCUT2D eigenvalue weighted by Gasteiger charge is -2.27. The van der Waals surface area contributed by atoms with Gasteiger partial charge in [0, 0.05) is 22.6 Å². The quantitative estimate of drug-likeness (QED) is 0.767. The second-order valence-corrected chi connectivity index (χ2v) is 5.40. The maximum atomic E-state index is 12.8. The normalized spacial score (nSPS) is 13.2. The number of alkyl halides is 3. The third-order valence-electron chi connectivity index (χ3n) is 3.24. The topological polar surface area (TPSA) is 20.3 Å². The summed E-state index contributed by atoms with van der Waals surface area (Å²) in [5, 5.41) is 0. The van der Waals surface area contributed by atoms with Crippen molar-refractivity contribution in [3.05, 3.63) is 33.8 Å². The summed E-state index contributed by atoms with van der Waals surface area (Å²) in [7, 11) is 0. The first kappa shape index (κ1) is 17.0. The van der Waals surface area contributed by atoms with Gasteiger partial charge in [-0.1, -0.05) is 22.9 Å². The second-order valence-electron chi connectivity index (χ2n) is 4.54. The van der Waals surface area contributed by atoms with Crippen LogP contribution in [0.1, 0.15) is 43.1 Å². The molecule has 0 saturated carbocycles. The molecule has 0 radical (unpaired) electrons. The number of halogens is 4. The van der Waals surface area contributed by atoms with Crippen LogP contribution in [0.4, 0.5) is 13.2 Å². The van der Waals surface area contributed by atoms with E-state index in [9.17, 15) is 18.0 Å². The van der Waals surface area contributed by atoms with Gasteiger partial charge in [-0.25, -0.2) is 0 Å². The Morgan fingerprint density at radius 2 is 1.95 bits per heavy atom. The zero-order valence-electron chi connectivity index (χ0n) is 11.6. The van der Waals surface area contributed by atoms with Crippen molar-refractivity contribution in [2.24, 2.45) is 0 Å². The molecule has 0 fully saturated rings. The standard InChI is InChI=1S/C14H17BrF3NO/c1-4-9(3)19(5-2)13(20)10-6-7-12(15)11(8-10)14(16,17)18/h6-9H,4-5H2,1-3H3. The highest BCUT2D eigenvalue weighted by atomic mass is 79.9. The zero-order chi connectivity index (χ0) is 15.5. The van der Waals surface area contributed by atoms with Crippen LogP contribution in [0.15, 0.2) is 22.7 Å². The molecule has 0 N–H and O–H groups in total. The van der Waals surface area contributed by atoms with Crippen LogP contribution in [0.3, 0.4) is 0 Å². The summed E-state index contributed by atoms with van der Waals surface area (Å²) in [4.78, 5) is 13.9. The Hall–Kier alpha value is -1.04. The molecule has 2 nitrogen and oxygen atoms in total. The number of carbonyl (C=O) groups is 1. The fourth-order valence-corrected chi connectivity index (χ4v) is 2.39. The highest BCUT2D eigenvalue weighted by Crippen LogP contribution is 2.35. The van der Waals surface area contributed by atoms with E-state index < -0.39 is 11.7 Å². The SMILES string of the molecule is CCC(C)N(CC)C(=O)c1ccc(Br)c(C(F)(F)F)c1. The van der Waals surface area contributed by atoms with Crippen molar-refractivity contribution in [3.63, 3.8) is 0 Å². The summed E-state index contributed by atoms with van der Waals surface area (Å²) in [5.41, 5.74) is -0.772. The molecule has 0 aliphatic heterocycles. The molecule has 1 amide bonds. The van der Waals surface area contributed by atoms with Crippen molar-refractivity contribution in [1.82, 2.24) is 4.90 Å². The van der Waals surface area contributed by atoms with Gasteiger partial charge in [-0.05, 0) is 38.5 Å². The number of rotatable bonds is 4. The van der Waals surface area contributed by atoms with Gasteiger partial charge in [0.05, 0.1) is 5.56 Å². The van der Waals surface area contributed by atoms with E-state index in [1.165, 1.54) is 12.1 Å². The molecule has 0 saturated heterocycles. The summed E-state index contributed by atoms with van der Waals surface area (Å²) in [6.45, 7) is 6.09. The molecule has 0 aromatic heterocycles. The Kier molecular flexibility index (Phi) is 5.62. The summed E-state index contributed by atoms with van der Waals surface area (Å²) < 4.78 is 38.5. The molecule has 1 rings (SSSR count). The van der Waals surface area contributed by atoms with Gasteiger partial charge in [0.2, 0.25) is 0 Å². The van der Waals surface area contributed by atoms with E-state index in [4.69, 9.17) is 0 Å². The number of hydrogen-bond donors (Lipinski definition) is 0. The number of amides is 1. The number of benzene rings is 1. The van der Waals surface area contributed by atoms with E-state index in [2.05, 4.69) is 15.9 Å². The van der Waals surface area contributed by atoms with Gasteiger partial charge in [-0.2, -0.15) is 13.2 Å². The van der Waals surface area contributed by atoms with Crippen molar-refractivity contribution < 1.29 is 18.0 Å². The van der Waals surface area contributed by atoms with Gasteiger partial charge in [0.25, 0.3) is 5.91 Å². The lowest BCUT2D eigenvalue weighted by Crippen LogP contribution is -2.38. The van der Waals surface area contributed by atoms with Crippen LogP contribution < -0.4 is 0 Å². The molecule has 1 unspecified atom stereocenters. The van der Waals surface area contributed by atoms with Gasteiger partial charge >= 0.3 is 6.18 Å². The van der Waals surface area contributed by atoms with E-state index in [0.29, 0.717) is 6.54 Å². The Morgan fingerprint density at radius 1 is 1.35 bits per heavy atom. The van der Waals surface area contributed by atoms with Crippen LogP contribution in [0, 0.1) is 0 Å². The summed E-state index contributed by atoms with van der Waals surface area (Å²) in [6.07, 6.45) is -3.73. The number of nitrogens with zero attached hydrogens (tertiary/aromatic N) is 1. The largest absolute Gasteiger partial charge is 0.417 e. The second kappa shape index (κ2) is 6.61. The van der Waals surface area contributed by atoms with Gasteiger partial charge in [0.1, 0.15) is 0 Å². The molecule has 1 aromatic rings. The molecular weight excluding hydrogens is 335 g/mol. The minimum absolute atomic E-state index is 0.00881. The lowest BCUT2D eigenvalue weighted by atomic mass is 10.1. The van der Waals surface area contributed by atoms with Crippen LogP contribution in [-0.2, 0) is 6.18 Å². The van der Waals surface area contributed by atoms with Gasteiger partial charge in [0.15, 0.2) is 0 Å². The van der Waals surface area contributed by atoms with Crippen molar-refractivity contribution >= 4 is 21.8 Å². The first-order valence-corrected chi connectivity index (χ1v) is 7.19. The van der Waals surface area contributed by atoms with Crippen LogP contribution >= 0.6 is 15.9 Å². The molecule has 1 aromatic carbocycles. The monoisotopic (exact) mass is 351 g/mol. The summed E-state index contributed by atoms with van der Waals surface area (Å²) in [5.74, 6) is -0.375. The molecule has 0 spiro atoms. The highest BCUT2D eigenvalue weighted by Gasteiger charge is 2.34. The molecule has 6 heteroatoms. The van der Waals surface area contributed by atoms with E-state index in [0.717, 1.165) is 12.5 Å². The van der Waals surface area contributed by atoms with Crippen LogP contribution in [0.5, 0.6) is 0 Å². The maximum absolute atomic E-state index is 12.8. The van der Waals surface area contributed by atoms with E-state index in [1.54, 1.807) is 4.90 Å². The van der Waals surface area contributed by atoms with Gasteiger partial charge in [-0.15, -0.1) is 0 Å². The van der Waals surface area contributed by atoms with Gasteiger partial charge in [-0.3, -0.25) is 4.79 Å². The van der Waals surface area contributed by atoms with Crippen LogP contribution in [0.2, 0.25) is 0 Å². The molecule has 0 bridgehead atoms. The molecular formula is C14H17BrF3NO. The van der Waals surface area contributed by atoms with Crippen LogP contribution in [0.25, 0.3) is 0 Å². The van der Waals surface area contributed by atoms with Crippen molar-refractivity contribution in [1.29, 1.82) is 0 Å². The fraction of sp³-hybridized carbons (Fsp3) is 0.500. The minimum Gasteiger partial charge on any atom is -0.336 e. The Balaban J connectivity index is 3.17. The molecule has 0 heterocycles. The Bertz CT molecular complexity index is 488. The summed E-state index contributed by atoms with van der Waals surface area (Å²) >= 11 is 2.87. The smallest absolute Gasteiger partial charge is 0.336 e. The highest BCUT2D eigenvalue weighted by molar-refractivity contribution is 9.10. The predicted octanol–water partition coefficient (Wildman–Crippen LogP) is 4.73. The third-order valence-corrected chi connectivity index (χ3v) is 3.93. The minimum atomic E-state index is -4.48. The Labute approximate surface area is 125 Å². The molecule has 0 aliphatic carbocycles. The molecule has 112 valence electrons. The maximum Gasteiger partial charge on any atom is 0.417 e. The molecule has 0 aliphatic rings. The van der Waals surface area contributed by atoms with Crippen molar-refractivity contribution in [2.45, 2.75) is 39.4 Å². The van der Waals surface area contributed by atoms with E-state index >= 15 is 0 Å². The number of carbonyl (C=O) groups excluding carboxylic acids is 1. The van der Waals surface area contributed by atoms with Crippen LogP contribution in [-0.4, -0.2) is 23.4 Å². The third kappa shape index (κ3) is 3.75. The van der Waals surface area contributed by atoms with Crippen molar-refractivity contribution in [3.8, 4) is 0 Å². The summed E-state index contributed by atoms with van der Waals surface area (Å²) in [6, 6.07) is 3.57. The fourth-order valence-electron chi connectivity index (χ4n) is 1.92. The van der Waals surface area contributed by atoms with Gasteiger partial charge < -0.3 is 4.90 Å². The lowest BCUT2D eigenvalue weighted by molar-refractivity contribution is -0.138.